The SMILES string of the molecule is CCOC(=O)c1nn(-c2ccccc2C)c(=O)cc1OS(=O)(=O)c1cc(C(C)C)ccc1OCC. The van der Waals surface area contributed by atoms with Gasteiger partial charge in [0.1, 0.15) is 10.6 Å². The fourth-order valence-corrected chi connectivity index (χ4v) is 4.44. The zero-order chi connectivity index (χ0) is 25.8. The van der Waals surface area contributed by atoms with Crippen LogP contribution in [-0.4, -0.2) is 37.4 Å². The third kappa shape index (κ3) is 5.71. The molecule has 0 aliphatic rings. The lowest BCUT2D eigenvalue weighted by Crippen LogP contribution is -2.26. The normalized spacial score (nSPS) is 11.4. The van der Waals surface area contributed by atoms with Crippen molar-refractivity contribution in [3.8, 4) is 17.2 Å². The molecule has 1 heterocycles. The monoisotopic (exact) mass is 500 g/mol. The van der Waals surface area contributed by atoms with Crippen LogP contribution in [0.2, 0.25) is 0 Å². The molecule has 9 nitrogen and oxygen atoms in total. The summed E-state index contributed by atoms with van der Waals surface area (Å²) in [7, 11) is -4.52. The van der Waals surface area contributed by atoms with Crippen LogP contribution < -0.4 is 14.5 Å². The average molecular weight is 501 g/mol. The van der Waals surface area contributed by atoms with E-state index in [0.29, 0.717) is 5.69 Å². The number of ether oxygens (including phenoxy) is 2. The summed E-state index contributed by atoms with van der Waals surface area (Å²) < 4.78 is 43.5. The van der Waals surface area contributed by atoms with Gasteiger partial charge in [-0.05, 0) is 56.0 Å². The molecule has 1 aromatic heterocycles. The Kier molecular flexibility index (Phi) is 7.96. The van der Waals surface area contributed by atoms with E-state index < -0.39 is 33.1 Å². The molecule has 3 aromatic rings. The molecule has 0 aliphatic carbocycles. The van der Waals surface area contributed by atoms with Crippen LogP contribution in [0.3, 0.4) is 0 Å². The van der Waals surface area contributed by atoms with Crippen LogP contribution in [0, 0.1) is 6.92 Å². The number of hydrogen-bond acceptors (Lipinski definition) is 8. The molecule has 186 valence electrons. The lowest BCUT2D eigenvalue weighted by molar-refractivity contribution is 0.0515. The lowest BCUT2D eigenvalue weighted by atomic mass is 10.0. The van der Waals surface area contributed by atoms with Gasteiger partial charge < -0.3 is 13.7 Å². The second-order valence-electron chi connectivity index (χ2n) is 7.95. The summed E-state index contributed by atoms with van der Waals surface area (Å²) in [6.45, 7) is 9.17. The van der Waals surface area contributed by atoms with Gasteiger partial charge in [0, 0.05) is 0 Å². The first-order valence-electron chi connectivity index (χ1n) is 11.2. The Morgan fingerprint density at radius 2 is 1.74 bits per heavy atom. The van der Waals surface area contributed by atoms with E-state index in [4.69, 9.17) is 13.7 Å². The molecule has 10 heteroatoms. The Morgan fingerprint density at radius 3 is 2.37 bits per heavy atom. The molecule has 35 heavy (non-hydrogen) atoms. The molecule has 0 radical (unpaired) electrons. The molecule has 0 saturated heterocycles. The molecule has 0 atom stereocenters. The third-order valence-corrected chi connectivity index (χ3v) is 6.37. The zero-order valence-electron chi connectivity index (χ0n) is 20.3. The third-order valence-electron chi connectivity index (χ3n) is 5.11. The molecular weight excluding hydrogens is 472 g/mol. The topological polar surface area (TPSA) is 114 Å². The van der Waals surface area contributed by atoms with E-state index in [-0.39, 0.29) is 29.8 Å². The number of benzene rings is 2. The Balaban J connectivity index is 2.17. The van der Waals surface area contributed by atoms with Crippen molar-refractivity contribution in [3.05, 3.63) is 75.7 Å². The largest absolute Gasteiger partial charge is 0.492 e. The zero-order valence-corrected chi connectivity index (χ0v) is 21.1. The van der Waals surface area contributed by atoms with E-state index in [9.17, 15) is 18.0 Å². The highest BCUT2D eigenvalue weighted by molar-refractivity contribution is 7.87. The summed E-state index contributed by atoms with van der Waals surface area (Å²) in [5.41, 5.74) is 0.773. The highest BCUT2D eigenvalue weighted by atomic mass is 32.2. The second-order valence-corrected chi connectivity index (χ2v) is 9.46. The van der Waals surface area contributed by atoms with Crippen LogP contribution in [0.4, 0.5) is 0 Å². The number of hydrogen-bond donors (Lipinski definition) is 0. The number of nitrogens with zero attached hydrogens (tertiary/aromatic N) is 2. The number of esters is 1. The fourth-order valence-electron chi connectivity index (χ4n) is 3.34. The summed E-state index contributed by atoms with van der Waals surface area (Å²) in [5, 5.41) is 4.11. The van der Waals surface area contributed by atoms with Crippen molar-refractivity contribution in [1.82, 2.24) is 9.78 Å². The van der Waals surface area contributed by atoms with Gasteiger partial charge in [0.15, 0.2) is 5.75 Å². The van der Waals surface area contributed by atoms with Gasteiger partial charge in [-0.3, -0.25) is 4.79 Å². The van der Waals surface area contributed by atoms with Gasteiger partial charge >= 0.3 is 16.1 Å². The molecule has 0 saturated carbocycles. The van der Waals surface area contributed by atoms with Gasteiger partial charge in [-0.1, -0.05) is 38.1 Å². The number of para-hydroxylation sites is 1. The molecule has 0 bridgehead atoms. The van der Waals surface area contributed by atoms with Crippen LogP contribution >= 0.6 is 0 Å². The predicted molar refractivity (Wildman–Crippen MR) is 130 cm³/mol. The van der Waals surface area contributed by atoms with Gasteiger partial charge in [-0.25, -0.2) is 4.79 Å². The van der Waals surface area contributed by atoms with Crippen LogP contribution in [0.25, 0.3) is 5.69 Å². The Morgan fingerprint density at radius 1 is 1.03 bits per heavy atom. The van der Waals surface area contributed by atoms with E-state index >= 15 is 0 Å². The number of carbonyl (C=O) groups excluding carboxylic acids is 1. The number of aromatic nitrogens is 2. The van der Waals surface area contributed by atoms with Crippen LogP contribution in [0.5, 0.6) is 11.5 Å². The highest BCUT2D eigenvalue weighted by Crippen LogP contribution is 2.31. The van der Waals surface area contributed by atoms with Gasteiger partial charge in [0.05, 0.1) is 25.0 Å². The number of carbonyl (C=O) groups is 1. The standard InChI is InChI=1S/C25H28N2O7S/c1-6-32-20-13-12-18(16(3)4)14-22(20)35(30,31)34-21-15-23(28)27(19-11-9-8-10-17(19)5)26-24(21)25(29)33-7-2/h8-16H,6-7H2,1-5H3. The van der Waals surface area contributed by atoms with Crippen LogP contribution in [0.1, 0.15) is 55.2 Å². The molecule has 0 N–H and O–H groups in total. The second kappa shape index (κ2) is 10.7. The number of aryl methyl sites for hydroxylation is 1. The van der Waals surface area contributed by atoms with Crippen molar-refractivity contribution in [2.24, 2.45) is 0 Å². The van der Waals surface area contributed by atoms with E-state index in [1.807, 2.05) is 13.8 Å². The van der Waals surface area contributed by atoms with Gasteiger partial charge in [0.2, 0.25) is 5.69 Å². The first kappa shape index (κ1) is 26.0. The molecule has 0 amide bonds. The maximum atomic E-state index is 13.3. The minimum absolute atomic E-state index is 0.0150. The summed E-state index contributed by atoms with van der Waals surface area (Å²) in [4.78, 5) is 25.4. The predicted octanol–water partition coefficient (Wildman–Crippen LogP) is 4.01. The summed E-state index contributed by atoms with van der Waals surface area (Å²) in [6.07, 6.45) is 0. The van der Waals surface area contributed by atoms with Gasteiger partial charge in [-0.2, -0.15) is 18.2 Å². The maximum Gasteiger partial charge on any atom is 0.362 e. The molecule has 0 aliphatic heterocycles. The lowest BCUT2D eigenvalue weighted by Gasteiger charge is -2.16. The summed E-state index contributed by atoms with van der Waals surface area (Å²) >= 11 is 0. The maximum absolute atomic E-state index is 13.3. The van der Waals surface area contributed by atoms with Gasteiger partial charge in [0.25, 0.3) is 5.56 Å². The van der Waals surface area contributed by atoms with Gasteiger partial charge in [-0.15, -0.1) is 0 Å². The minimum atomic E-state index is -4.52. The smallest absolute Gasteiger partial charge is 0.362 e. The first-order chi connectivity index (χ1) is 16.6. The van der Waals surface area contributed by atoms with E-state index in [1.54, 1.807) is 57.2 Å². The van der Waals surface area contributed by atoms with E-state index in [0.717, 1.165) is 21.9 Å². The van der Waals surface area contributed by atoms with Crippen molar-refractivity contribution in [3.63, 3.8) is 0 Å². The molecular formula is C25H28N2O7S. The number of rotatable bonds is 9. The Hall–Kier alpha value is -3.66. The Bertz CT molecular complexity index is 1400. The quantitative estimate of drug-likeness (QED) is 0.320. The minimum Gasteiger partial charge on any atom is -0.492 e. The molecule has 2 aromatic carbocycles. The molecule has 0 fully saturated rings. The van der Waals surface area contributed by atoms with E-state index in [2.05, 4.69) is 5.10 Å². The fraction of sp³-hybridized carbons (Fsp3) is 0.320. The molecule has 0 unspecified atom stereocenters. The summed E-state index contributed by atoms with van der Waals surface area (Å²) in [5.74, 6) is -1.33. The van der Waals surface area contributed by atoms with Crippen molar-refractivity contribution >= 4 is 16.1 Å². The van der Waals surface area contributed by atoms with Crippen molar-refractivity contribution in [2.75, 3.05) is 13.2 Å². The molecule has 3 rings (SSSR count). The Labute approximate surface area is 204 Å². The van der Waals surface area contributed by atoms with Crippen molar-refractivity contribution in [2.45, 2.75) is 45.4 Å². The summed E-state index contributed by atoms with van der Waals surface area (Å²) in [6, 6.07) is 12.6. The van der Waals surface area contributed by atoms with Crippen molar-refractivity contribution < 1.29 is 26.9 Å². The van der Waals surface area contributed by atoms with Crippen LogP contribution in [-0.2, 0) is 14.9 Å². The molecule has 0 spiro atoms. The highest BCUT2D eigenvalue weighted by Gasteiger charge is 2.28. The van der Waals surface area contributed by atoms with Crippen LogP contribution in [0.15, 0.2) is 58.2 Å². The average Bonchev–Trinajstić information content (AvgIpc) is 2.80. The first-order valence-corrected chi connectivity index (χ1v) is 12.6. The van der Waals surface area contributed by atoms with Crippen molar-refractivity contribution in [1.29, 1.82) is 0 Å². The van der Waals surface area contributed by atoms with E-state index in [1.165, 1.54) is 6.07 Å².